The van der Waals surface area contributed by atoms with Crippen LogP contribution in [0, 0.1) is 0 Å². The first-order chi connectivity index (χ1) is 13.0. The Balaban J connectivity index is 1.91. The summed E-state index contributed by atoms with van der Waals surface area (Å²) in [6, 6.07) is 10.1. The number of thiophene rings is 1. The van der Waals surface area contributed by atoms with Gasteiger partial charge in [0.1, 0.15) is 4.83 Å². The summed E-state index contributed by atoms with van der Waals surface area (Å²) in [6.07, 6.45) is 1.92. The summed E-state index contributed by atoms with van der Waals surface area (Å²) in [5.41, 5.74) is 2.09. The maximum Gasteiger partial charge on any atom is 0.350 e. The van der Waals surface area contributed by atoms with E-state index in [2.05, 4.69) is 37.9 Å². The molecular weight excluding hydrogens is 376 g/mol. The zero-order valence-electron chi connectivity index (χ0n) is 15.9. The molecule has 0 radical (unpaired) electrons. The van der Waals surface area contributed by atoms with Crippen molar-refractivity contribution in [1.29, 1.82) is 0 Å². The first-order valence-corrected chi connectivity index (χ1v) is 11.1. The number of fused-ring (bicyclic) bond motifs is 3. The van der Waals surface area contributed by atoms with E-state index >= 15 is 0 Å². The van der Waals surface area contributed by atoms with Crippen molar-refractivity contribution in [3.05, 3.63) is 56.8 Å². The molecule has 0 atom stereocenters. The minimum absolute atomic E-state index is 0.163. The van der Waals surface area contributed by atoms with Crippen LogP contribution < -0.4 is 5.69 Å². The molecule has 4 nitrogen and oxygen atoms in total. The van der Waals surface area contributed by atoms with E-state index < -0.39 is 0 Å². The third-order valence-electron chi connectivity index (χ3n) is 4.78. The SMILES string of the molecule is CCCSc1c2c3c(sc2nc(=O)n1Cc1ccccc1)COC(C)(C)C3. The molecule has 6 heteroatoms. The van der Waals surface area contributed by atoms with E-state index in [1.54, 1.807) is 23.1 Å². The molecule has 0 spiro atoms. The number of nitrogens with zero attached hydrogens (tertiary/aromatic N) is 2. The van der Waals surface area contributed by atoms with Gasteiger partial charge in [-0.25, -0.2) is 4.79 Å². The van der Waals surface area contributed by atoms with Gasteiger partial charge in [-0.15, -0.1) is 23.1 Å². The molecule has 0 unspecified atom stereocenters. The Bertz CT molecular complexity index is 1020. The van der Waals surface area contributed by atoms with E-state index in [-0.39, 0.29) is 11.3 Å². The topological polar surface area (TPSA) is 44.1 Å². The van der Waals surface area contributed by atoms with Gasteiger partial charge < -0.3 is 4.74 Å². The van der Waals surface area contributed by atoms with E-state index in [0.29, 0.717) is 13.2 Å². The summed E-state index contributed by atoms with van der Waals surface area (Å²) in [5.74, 6) is 0.984. The Hall–Kier alpha value is -1.63. The Morgan fingerprint density at radius 2 is 2.07 bits per heavy atom. The molecule has 0 N–H and O–H groups in total. The molecule has 4 rings (SSSR count). The van der Waals surface area contributed by atoms with Crippen LogP contribution in [0.5, 0.6) is 0 Å². The highest BCUT2D eigenvalue weighted by molar-refractivity contribution is 7.99. The number of benzene rings is 1. The van der Waals surface area contributed by atoms with Gasteiger partial charge in [-0.05, 0) is 37.1 Å². The van der Waals surface area contributed by atoms with Crippen molar-refractivity contribution in [2.45, 2.75) is 57.4 Å². The molecule has 27 heavy (non-hydrogen) atoms. The van der Waals surface area contributed by atoms with Crippen molar-refractivity contribution in [2.75, 3.05) is 5.75 Å². The smallest absolute Gasteiger partial charge is 0.350 e. The Morgan fingerprint density at radius 1 is 1.30 bits per heavy atom. The lowest BCUT2D eigenvalue weighted by atomic mass is 9.94. The second kappa shape index (κ2) is 7.41. The maximum atomic E-state index is 12.9. The second-order valence-electron chi connectivity index (χ2n) is 7.53. The van der Waals surface area contributed by atoms with Crippen LogP contribution in [-0.4, -0.2) is 20.9 Å². The predicted octanol–water partition coefficient (Wildman–Crippen LogP) is 4.86. The third kappa shape index (κ3) is 3.71. The van der Waals surface area contributed by atoms with Gasteiger partial charge in [0.15, 0.2) is 0 Å². The van der Waals surface area contributed by atoms with E-state index in [9.17, 15) is 4.79 Å². The lowest BCUT2D eigenvalue weighted by Gasteiger charge is -2.30. The van der Waals surface area contributed by atoms with Crippen LogP contribution in [0.2, 0.25) is 0 Å². The van der Waals surface area contributed by atoms with Crippen LogP contribution >= 0.6 is 23.1 Å². The number of thioether (sulfide) groups is 1. The molecule has 0 fully saturated rings. The average Bonchev–Trinajstić information content (AvgIpc) is 2.98. The Kier molecular flexibility index (Phi) is 5.14. The molecule has 2 aromatic heterocycles. The molecule has 1 aliphatic heterocycles. The van der Waals surface area contributed by atoms with E-state index in [1.807, 2.05) is 22.8 Å². The van der Waals surface area contributed by atoms with E-state index in [1.165, 1.54) is 15.8 Å². The van der Waals surface area contributed by atoms with Gasteiger partial charge >= 0.3 is 5.69 Å². The maximum absolute atomic E-state index is 12.9. The molecule has 0 amide bonds. The second-order valence-corrected chi connectivity index (χ2v) is 9.70. The summed E-state index contributed by atoms with van der Waals surface area (Å²) in [6.45, 7) is 7.59. The molecule has 1 aromatic carbocycles. The van der Waals surface area contributed by atoms with Gasteiger partial charge in [0.25, 0.3) is 0 Å². The van der Waals surface area contributed by atoms with Gasteiger partial charge in [-0.3, -0.25) is 4.57 Å². The van der Waals surface area contributed by atoms with Crippen molar-refractivity contribution in [3.63, 3.8) is 0 Å². The third-order valence-corrected chi connectivity index (χ3v) is 7.19. The van der Waals surface area contributed by atoms with Crippen LogP contribution in [0.1, 0.15) is 43.2 Å². The van der Waals surface area contributed by atoms with Crippen molar-refractivity contribution < 1.29 is 4.74 Å². The fourth-order valence-corrected chi connectivity index (χ4v) is 5.68. The van der Waals surface area contributed by atoms with Crippen LogP contribution in [0.15, 0.2) is 40.2 Å². The van der Waals surface area contributed by atoms with Gasteiger partial charge in [-0.2, -0.15) is 4.98 Å². The number of aromatic nitrogens is 2. The number of hydrogen-bond donors (Lipinski definition) is 0. The van der Waals surface area contributed by atoms with Crippen LogP contribution in [0.3, 0.4) is 0 Å². The number of ether oxygens (including phenoxy) is 1. The minimum atomic E-state index is -0.186. The van der Waals surface area contributed by atoms with Crippen molar-refractivity contribution in [1.82, 2.24) is 9.55 Å². The molecule has 142 valence electrons. The van der Waals surface area contributed by atoms with Crippen molar-refractivity contribution in [3.8, 4) is 0 Å². The van der Waals surface area contributed by atoms with Crippen molar-refractivity contribution in [2.24, 2.45) is 0 Å². The van der Waals surface area contributed by atoms with Gasteiger partial charge in [-0.1, -0.05) is 37.3 Å². The highest BCUT2D eigenvalue weighted by atomic mass is 32.2. The van der Waals surface area contributed by atoms with Crippen LogP contribution in [-0.2, 0) is 24.3 Å². The molecule has 0 saturated carbocycles. The average molecular weight is 401 g/mol. The number of hydrogen-bond acceptors (Lipinski definition) is 5. The Labute approximate surface area is 167 Å². The monoisotopic (exact) mass is 400 g/mol. The fourth-order valence-electron chi connectivity index (χ4n) is 3.46. The van der Waals surface area contributed by atoms with Gasteiger partial charge in [0, 0.05) is 16.7 Å². The molecule has 0 aliphatic carbocycles. The summed E-state index contributed by atoms with van der Waals surface area (Å²) in [4.78, 5) is 19.4. The van der Waals surface area contributed by atoms with Crippen molar-refractivity contribution >= 4 is 33.3 Å². The highest BCUT2D eigenvalue weighted by Gasteiger charge is 2.31. The first kappa shape index (κ1) is 18.7. The van der Waals surface area contributed by atoms with E-state index in [0.717, 1.165) is 34.0 Å². The molecule has 0 saturated heterocycles. The number of rotatable bonds is 5. The summed E-state index contributed by atoms with van der Waals surface area (Å²) in [5, 5.41) is 2.23. The summed E-state index contributed by atoms with van der Waals surface area (Å²) in [7, 11) is 0. The van der Waals surface area contributed by atoms with Gasteiger partial charge in [0.2, 0.25) is 0 Å². The lowest BCUT2D eigenvalue weighted by molar-refractivity contribution is -0.0379. The zero-order valence-corrected chi connectivity index (χ0v) is 17.6. The molecule has 3 heterocycles. The van der Waals surface area contributed by atoms with E-state index in [4.69, 9.17) is 4.74 Å². The molecule has 3 aromatic rings. The highest BCUT2D eigenvalue weighted by Crippen LogP contribution is 2.41. The lowest BCUT2D eigenvalue weighted by Crippen LogP contribution is -2.31. The molecule has 1 aliphatic rings. The fraction of sp³-hybridized carbons (Fsp3) is 0.429. The first-order valence-electron chi connectivity index (χ1n) is 9.34. The van der Waals surface area contributed by atoms with Crippen LogP contribution in [0.4, 0.5) is 0 Å². The molecular formula is C21H24N2O2S2. The van der Waals surface area contributed by atoms with Crippen LogP contribution in [0.25, 0.3) is 10.2 Å². The minimum Gasteiger partial charge on any atom is -0.370 e. The standard InChI is InChI=1S/C21H24N2O2S2/c1-4-10-26-19-17-15-11-21(2,3)25-13-16(15)27-18(17)22-20(24)23(19)12-14-8-6-5-7-9-14/h5-9H,4,10-13H2,1-3H3. The quantitative estimate of drug-likeness (QED) is 0.453. The Morgan fingerprint density at radius 3 is 2.81 bits per heavy atom. The largest absolute Gasteiger partial charge is 0.370 e. The zero-order chi connectivity index (χ0) is 19.0. The predicted molar refractivity (Wildman–Crippen MR) is 113 cm³/mol. The summed E-state index contributed by atoms with van der Waals surface area (Å²) >= 11 is 3.39. The van der Waals surface area contributed by atoms with Gasteiger partial charge in [0.05, 0.1) is 23.8 Å². The normalized spacial score (nSPS) is 15.8. The summed E-state index contributed by atoms with van der Waals surface area (Å²) < 4.78 is 7.84. The molecule has 0 bridgehead atoms.